The van der Waals surface area contributed by atoms with Gasteiger partial charge >= 0.3 is 0 Å². The van der Waals surface area contributed by atoms with E-state index in [0.717, 1.165) is 3.79 Å². The number of thiophene rings is 1. The normalized spacial score (nSPS) is 12.7. The van der Waals surface area contributed by atoms with E-state index in [2.05, 4.69) is 65.5 Å². The first-order chi connectivity index (χ1) is 8.11. The summed E-state index contributed by atoms with van der Waals surface area (Å²) in [5, 5.41) is 0. The van der Waals surface area contributed by atoms with Gasteiger partial charge in [-0.3, -0.25) is 5.84 Å². The maximum atomic E-state index is 5.71. The highest BCUT2D eigenvalue weighted by Gasteiger charge is 2.16. The molecule has 17 heavy (non-hydrogen) atoms. The van der Waals surface area contributed by atoms with Crippen LogP contribution in [0.15, 0.2) is 34.1 Å². The third kappa shape index (κ3) is 2.77. The van der Waals surface area contributed by atoms with E-state index >= 15 is 0 Å². The molecule has 0 amide bonds. The molecule has 2 rings (SSSR count). The van der Waals surface area contributed by atoms with Crippen LogP contribution in [-0.4, -0.2) is 0 Å². The molecule has 90 valence electrons. The van der Waals surface area contributed by atoms with Crippen LogP contribution in [0.25, 0.3) is 0 Å². The maximum absolute atomic E-state index is 5.71. The predicted octanol–water partition coefficient (Wildman–Crippen LogP) is 3.68. The fourth-order valence-corrected chi connectivity index (χ4v) is 3.38. The Kier molecular flexibility index (Phi) is 3.99. The van der Waals surface area contributed by atoms with E-state index in [1.165, 1.54) is 21.6 Å². The Morgan fingerprint density at radius 1 is 1.24 bits per heavy atom. The van der Waals surface area contributed by atoms with Gasteiger partial charge in [0.15, 0.2) is 0 Å². The highest BCUT2D eigenvalue weighted by molar-refractivity contribution is 9.11. The van der Waals surface area contributed by atoms with Crippen molar-refractivity contribution in [3.8, 4) is 0 Å². The molecule has 1 aromatic carbocycles. The van der Waals surface area contributed by atoms with Crippen LogP contribution in [-0.2, 0) is 0 Å². The maximum Gasteiger partial charge on any atom is 0.0805 e. The highest BCUT2D eigenvalue weighted by Crippen LogP contribution is 2.32. The summed E-state index contributed by atoms with van der Waals surface area (Å²) >= 11 is 5.19. The van der Waals surface area contributed by atoms with Crippen molar-refractivity contribution in [2.24, 2.45) is 5.84 Å². The molecule has 2 aromatic rings. The lowest BCUT2D eigenvalue weighted by molar-refractivity contribution is 0.643. The van der Waals surface area contributed by atoms with Crippen LogP contribution < -0.4 is 11.3 Å². The van der Waals surface area contributed by atoms with Crippen molar-refractivity contribution in [3.05, 3.63) is 55.7 Å². The standard InChI is InChI=1S/C13H15BrN2S/c1-8-3-4-9(2)10(7-8)13(16-15)11-5-6-12(14)17-11/h3-7,13,16H,15H2,1-2H3. The van der Waals surface area contributed by atoms with E-state index in [0.29, 0.717) is 0 Å². The Morgan fingerprint density at radius 3 is 2.59 bits per heavy atom. The van der Waals surface area contributed by atoms with E-state index in [1.54, 1.807) is 11.3 Å². The van der Waals surface area contributed by atoms with Crippen LogP contribution in [0.5, 0.6) is 0 Å². The molecule has 1 heterocycles. The van der Waals surface area contributed by atoms with Crippen molar-refractivity contribution in [3.63, 3.8) is 0 Å². The summed E-state index contributed by atoms with van der Waals surface area (Å²) in [7, 11) is 0. The van der Waals surface area contributed by atoms with Gasteiger partial charge in [0, 0.05) is 4.88 Å². The second-order valence-electron chi connectivity index (χ2n) is 4.10. The number of aryl methyl sites for hydroxylation is 2. The quantitative estimate of drug-likeness (QED) is 0.670. The molecule has 2 nitrogen and oxygen atoms in total. The third-order valence-electron chi connectivity index (χ3n) is 2.79. The molecule has 0 aliphatic carbocycles. The van der Waals surface area contributed by atoms with Gasteiger partial charge in [0.2, 0.25) is 0 Å². The van der Waals surface area contributed by atoms with E-state index in [9.17, 15) is 0 Å². The summed E-state index contributed by atoms with van der Waals surface area (Å²) in [4.78, 5) is 1.22. The van der Waals surface area contributed by atoms with Gasteiger partial charge in [-0.1, -0.05) is 23.8 Å². The fourth-order valence-electron chi connectivity index (χ4n) is 1.88. The molecule has 1 atom stereocenters. The molecule has 0 spiro atoms. The van der Waals surface area contributed by atoms with Gasteiger partial charge in [-0.2, -0.15) is 0 Å². The second-order valence-corrected chi connectivity index (χ2v) is 6.60. The molecule has 1 unspecified atom stereocenters. The minimum Gasteiger partial charge on any atom is -0.271 e. The van der Waals surface area contributed by atoms with Gasteiger partial charge < -0.3 is 0 Å². The largest absolute Gasteiger partial charge is 0.271 e. The van der Waals surface area contributed by atoms with Crippen molar-refractivity contribution >= 4 is 27.3 Å². The van der Waals surface area contributed by atoms with Crippen LogP contribution in [0.2, 0.25) is 0 Å². The van der Waals surface area contributed by atoms with E-state index in [4.69, 9.17) is 5.84 Å². The number of halogens is 1. The van der Waals surface area contributed by atoms with Crippen LogP contribution >= 0.6 is 27.3 Å². The third-order valence-corrected chi connectivity index (χ3v) is 4.48. The minimum absolute atomic E-state index is 0.0613. The average molecular weight is 311 g/mol. The Labute approximate surface area is 114 Å². The molecule has 1 aromatic heterocycles. The molecule has 0 aliphatic rings. The van der Waals surface area contributed by atoms with E-state index in [1.807, 2.05) is 0 Å². The molecule has 3 N–H and O–H groups in total. The molecule has 4 heteroatoms. The van der Waals surface area contributed by atoms with Gasteiger partial charge in [0.25, 0.3) is 0 Å². The lowest BCUT2D eigenvalue weighted by Crippen LogP contribution is -2.28. The van der Waals surface area contributed by atoms with Gasteiger partial charge in [-0.15, -0.1) is 11.3 Å². The SMILES string of the molecule is Cc1ccc(C)c(C(NN)c2ccc(Br)s2)c1. The Morgan fingerprint density at radius 2 is 2.00 bits per heavy atom. The molecule has 0 radical (unpaired) electrons. The summed E-state index contributed by atoms with van der Waals surface area (Å²) in [6.07, 6.45) is 0. The number of hydrogen-bond acceptors (Lipinski definition) is 3. The first kappa shape index (κ1) is 12.8. The molecule has 0 fully saturated rings. The molecule has 0 bridgehead atoms. The fraction of sp³-hybridized carbons (Fsp3) is 0.231. The highest BCUT2D eigenvalue weighted by atomic mass is 79.9. The minimum atomic E-state index is 0.0613. The van der Waals surface area contributed by atoms with Gasteiger partial charge in [-0.05, 0) is 53.0 Å². The van der Waals surface area contributed by atoms with Crippen LogP contribution in [0.4, 0.5) is 0 Å². The number of hydrazine groups is 1. The zero-order chi connectivity index (χ0) is 12.4. The number of nitrogens with two attached hydrogens (primary N) is 1. The van der Waals surface area contributed by atoms with Gasteiger partial charge in [0.05, 0.1) is 9.83 Å². The Hall–Kier alpha value is -0.680. The van der Waals surface area contributed by atoms with Crippen molar-refractivity contribution in [1.82, 2.24) is 5.43 Å². The summed E-state index contributed by atoms with van der Waals surface area (Å²) in [5.74, 6) is 5.71. The predicted molar refractivity (Wildman–Crippen MR) is 77.1 cm³/mol. The van der Waals surface area contributed by atoms with Crippen LogP contribution in [0, 0.1) is 13.8 Å². The molecule has 0 saturated carbocycles. The summed E-state index contributed by atoms with van der Waals surface area (Å²) in [6, 6.07) is 10.7. The summed E-state index contributed by atoms with van der Waals surface area (Å²) in [5.41, 5.74) is 6.65. The lowest BCUT2D eigenvalue weighted by Gasteiger charge is -2.17. The van der Waals surface area contributed by atoms with E-state index < -0.39 is 0 Å². The molecule has 0 aliphatic heterocycles. The van der Waals surface area contributed by atoms with Crippen molar-refractivity contribution < 1.29 is 0 Å². The zero-order valence-corrected chi connectivity index (χ0v) is 12.2. The molecule has 0 saturated heterocycles. The van der Waals surface area contributed by atoms with Crippen molar-refractivity contribution in [1.29, 1.82) is 0 Å². The smallest absolute Gasteiger partial charge is 0.0805 e. The monoisotopic (exact) mass is 310 g/mol. The van der Waals surface area contributed by atoms with Gasteiger partial charge in [-0.25, -0.2) is 5.43 Å². The van der Waals surface area contributed by atoms with Crippen molar-refractivity contribution in [2.45, 2.75) is 19.9 Å². The van der Waals surface area contributed by atoms with E-state index in [-0.39, 0.29) is 6.04 Å². The van der Waals surface area contributed by atoms with Gasteiger partial charge in [0.1, 0.15) is 0 Å². The number of nitrogens with one attached hydrogen (secondary N) is 1. The topological polar surface area (TPSA) is 38.0 Å². The zero-order valence-electron chi connectivity index (χ0n) is 9.83. The Bertz CT molecular complexity index is 522. The second kappa shape index (κ2) is 5.31. The van der Waals surface area contributed by atoms with Crippen LogP contribution in [0.3, 0.4) is 0 Å². The number of benzene rings is 1. The average Bonchev–Trinajstić information content (AvgIpc) is 2.71. The van der Waals surface area contributed by atoms with Crippen molar-refractivity contribution in [2.75, 3.05) is 0 Å². The molecular formula is C13H15BrN2S. The molecular weight excluding hydrogens is 296 g/mol. The van der Waals surface area contributed by atoms with Crippen LogP contribution in [0.1, 0.15) is 27.6 Å². The summed E-state index contributed by atoms with van der Waals surface area (Å²) < 4.78 is 1.12. The Balaban J connectivity index is 2.45. The number of rotatable bonds is 3. The first-order valence-electron chi connectivity index (χ1n) is 5.40. The summed E-state index contributed by atoms with van der Waals surface area (Å²) in [6.45, 7) is 4.21. The number of hydrogen-bond donors (Lipinski definition) is 2. The first-order valence-corrected chi connectivity index (χ1v) is 7.01. The lowest BCUT2D eigenvalue weighted by atomic mass is 9.98.